The first-order valence-electron chi connectivity index (χ1n) is 5.84. The molecule has 3 nitrogen and oxygen atoms in total. The van der Waals surface area contributed by atoms with E-state index >= 15 is 0 Å². The summed E-state index contributed by atoms with van der Waals surface area (Å²) in [5, 5.41) is 10.7. The lowest BCUT2D eigenvalue weighted by Gasteiger charge is -2.20. The third kappa shape index (κ3) is 2.38. The molecule has 0 aliphatic carbocycles. The molecule has 2 aromatic rings. The zero-order chi connectivity index (χ0) is 13.1. The molecule has 1 unspecified atom stereocenters. The summed E-state index contributed by atoms with van der Waals surface area (Å²) in [6, 6.07) is 5.17. The summed E-state index contributed by atoms with van der Waals surface area (Å²) in [5.41, 5.74) is 3.43. The van der Waals surface area contributed by atoms with Crippen molar-refractivity contribution in [2.45, 2.75) is 19.9 Å². The monoisotopic (exact) mass is 245 g/mol. The highest BCUT2D eigenvalue weighted by Gasteiger charge is 2.19. The molecule has 2 rings (SSSR count). The summed E-state index contributed by atoms with van der Waals surface area (Å²) in [5.74, 6) is -0.191. The third-order valence-electron chi connectivity index (χ3n) is 3.00. The summed E-state index contributed by atoms with van der Waals surface area (Å²) >= 11 is 0. The quantitative estimate of drug-likeness (QED) is 0.903. The average Bonchev–Trinajstić information content (AvgIpc) is 2.34. The van der Waals surface area contributed by atoms with Gasteiger partial charge in [-0.25, -0.2) is 4.39 Å². The van der Waals surface area contributed by atoms with E-state index in [9.17, 15) is 4.39 Å². The van der Waals surface area contributed by atoms with Gasteiger partial charge in [0.05, 0.1) is 12.2 Å². The summed E-state index contributed by atoms with van der Waals surface area (Å²) in [6.07, 6.45) is 3.26. The van der Waals surface area contributed by atoms with E-state index < -0.39 is 0 Å². The number of aryl methyl sites for hydroxylation is 2. The molecule has 0 bridgehead atoms. The molecule has 18 heavy (non-hydrogen) atoms. The normalized spacial score (nSPS) is 12.4. The van der Waals surface area contributed by atoms with Gasteiger partial charge in [-0.05, 0) is 49.7 Å². The van der Waals surface area contributed by atoms with Crippen LogP contribution in [-0.4, -0.2) is 17.2 Å². The van der Waals surface area contributed by atoms with Crippen LogP contribution in [0.15, 0.2) is 30.6 Å². The summed E-state index contributed by atoms with van der Waals surface area (Å²) in [4.78, 5) is 0. The highest BCUT2D eigenvalue weighted by Crippen LogP contribution is 2.27. The third-order valence-corrected chi connectivity index (χ3v) is 3.00. The first-order chi connectivity index (χ1) is 8.63. The van der Waals surface area contributed by atoms with Gasteiger partial charge in [-0.2, -0.15) is 10.2 Å². The lowest BCUT2D eigenvalue weighted by Crippen LogP contribution is -2.20. The highest BCUT2D eigenvalue weighted by molar-refractivity contribution is 5.39. The average molecular weight is 245 g/mol. The fourth-order valence-corrected chi connectivity index (χ4v) is 2.24. The Balaban J connectivity index is 2.52. The number of rotatable bonds is 3. The van der Waals surface area contributed by atoms with Crippen molar-refractivity contribution < 1.29 is 4.39 Å². The minimum atomic E-state index is -0.207. The zero-order valence-corrected chi connectivity index (χ0v) is 10.7. The van der Waals surface area contributed by atoms with Gasteiger partial charge in [-0.1, -0.05) is 6.07 Å². The van der Waals surface area contributed by atoms with Gasteiger partial charge in [0.2, 0.25) is 0 Å². The van der Waals surface area contributed by atoms with E-state index in [1.54, 1.807) is 18.5 Å². The van der Waals surface area contributed by atoms with Gasteiger partial charge in [-0.3, -0.25) is 0 Å². The zero-order valence-electron chi connectivity index (χ0n) is 10.7. The lowest BCUT2D eigenvalue weighted by atomic mass is 9.94. The fraction of sp³-hybridized carbons (Fsp3) is 0.286. The Morgan fingerprint density at radius 3 is 2.56 bits per heavy atom. The molecular weight excluding hydrogens is 229 g/mol. The molecule has 0 saturated carbocycles. The van der Waals surface area contributed by atoms with Gasteiger partial charge in [0.1, 0.15) is 5.82 Å². The summed E-state index contributed by atoms with van der Waals surface area (Å²) in [6.45, 7) is 3.81. The van der Waals surface area contributed by atoms with Crippen molar-refractivity contribution >= 4 is 0 Å². The van der Waals surface area contributed by atoms with Crippen LogP contribution in [0.4, 0.5) is 4.39 Å². The van der Waals surface area contributed by atoms with Gasteiger partial charge in [-0.15, -0.1) is 0 Å². The van der Waals surface area contributed by atoms with Crippen LogP contribution in [0.3, 0.4) is 0 Å². The molecule has 1 aromatic carbocycles. The minimum Gasteiger partial charge on any atom is -0.309 e. The SMILES string of the molecule is CNC(c1ccnnc1)c1c(C)cc(C)cc1F. The topological polar surface area (TPSA) is 37.8 Å². The van der Waals surface area contributed by atoms with Crippen molar-refractivity contribution in [1.82, 2.24) is 15.5 Å². The molecule has 1 heterocycles. The predicted molar refractivity (Wildman–Crippen MR) is 68.8 cm³/mol. The van der Waals surface area contributed by atoms with Gasteiger partial charge in [0, 0.05) is 11.8 Å². The van der Waals surface area contributed by atoms with Crippen molar-refractivity contribution in [2.24, 2.45) is 0 Å². The number of nitrogens with zero attached hydrogens (tertiary/aromatic N) is 2. The van der Waals surface area contributed by atoms with Crippen molar-refractivity contribution in [3.63, 3.8) is 0 Å². The Hall–Kier alpha value is -1.81. The van der Waals surface area contributed by atoms with E-state index in [0.29, 0.717) is 5.56 Å². The van der Waals surface area contributed by atoms with Crippen LogP contribution in [0, 0.1) is 19.7 Å². The minimum absolute atomic E-state index is 0.191. The maximum atomic E-state index is 14.2. The Morgan fingerprint density at radius 2 is 2.00 bits per heavy atom. The van der Waals surface area contributed by atoms with E-state index in [2.05, 4.69) is 15.5 Å². The molecular formula is C14H16FN3. The van der Waals surface area contributed by atoms with E-state index in [1.807, 2.05) is 33.0 Å². The van der Waals surface area contributed by atoms with Crippen LogP contribution >= 0.6 is 0 Å². The van der Waals surface area contributed by atoms with Crippen molar-refractivity contribution in [3.8, 4) is 0 Å². The summed E-state index contributed by atoms with van der Waals surface area (Å²) < 4.78 is 14.2. The number of benzene rings is 1. The maximum Gasteiger partial charge on any atom is 0.128 e. The molecule has 1 atom stereocenters. The lowest BCUT2D eigenvalue weighted by molar-refractivity contribution is 0.571. The highest BCUT2D eigenvalue weighted by atomic mass is 19.1. The van der Waals surface area contributed by atoms with Crippen LogP contribution in [-0.2, 0) is 0 Å². The molecule has 0 aliphatic rings. The van der Waals surface area contributed by atoms with Gasteiger partial charge >= 0.3 is 0 Å². The predicted octanol–water partition coefficient (Wildman–Crippen LogP) is 2.54. The van der Waals surface area contributed by atoms with Crippen LogP contribution in [0.1, 0.15) is 28.3 Å². The molecule has 0 spiro atoms. The number of hydrogen-bond acceptors (Lipinski definition) is 3. The molecule has 0 amide bonds. The van der Waals surface area contributed by atoms with Crippen molar-refractivity contribution in [1.29, 1.82) is 0 Å². The van der Waals surface area contributed by atoms with E-state index in [1.165, 1.54) is 0 Å². The van der Waals surface area contributed by atoms with E-state index in [-0.39, 0.29) is 11.9 Å². The molecule has 0 fully saturated rings. The molecule has 0 aliphatic heterocycles. The van der Waals surface area contributed by atoms with Crippen LogP contribution in [0.2, 0.25) is 0 Å². The number of halogens is 1. The van der Waals surface area contributed by atoms with Gasteiger partial charge < -0.3 is 5.32 Å². The summed E-state index contributed by atoms with van der Waals surface area (Å²) in [7, 11) is 1.81. The largest absolute Gasteiger partial charge is 0.309 e. The standard InChI is InChI=1S/C14H16FN3/c1-9-6-10(2)13(12(15)7-9)14(16-3)11-4-5-17-18-8-11/h4-8,14,16H,1-3H3. The molecule has 1 N–H and O–H groups in total. The molecule has 0 radical (unpaired) electrons. The fourth-order valence-electron chi connectivity index (χ4n) is 2.24. The van der Waals surface area contributed by atoms with Crippen LogP contribution < -0.4 is 5.32 Å². The first-order valence-corrected chi connectivity index (χ1v) is 5.84. The molecule has 4 heteroatoms. The molecule has 94 valence electrons. The smallest absolute Gasteiger partial charge is 0.128 e. The van der Waals surface area contributed by atoms with Gasteiger partial charge in [0.25, 0.3) is 0 Å². The number of aromatic nitrogens is 2. The Labute approximate surface area is 106 Å². The van der Waals surface area contributed by atoms with Crippen LogP contribution in [0.25, 0.3) is 0 Å². The second kappa shape index (κ2) is 5.23. The Kier molecular flexibility index (Phi) is 3.67. The second-order valence-electron chi connectivity index (χ2n) is 4.37. The second-order valence-corrected chi connectivity index (χ2v) is 4.37. The molecule has 1 aromatic heterocycles. The Bertz CT molecular complexity index is 517. The Morgan fingerprint density at radius 1 is 1.22 bits per heavy atom. The number of hydrogen-bond donors (Lipinski definition) is 1. The number of nitrogens with one attached hydrogen (secondary N) is 1. The van der Waals surface area contributed by atoms with E-state index in [0.717, 1.165) is 16.7 Å². The molecule has 0 saturated heterocycles. The van der Waals surface area contributed by atoms with Crippen molar-refractivity contribution in [2.75, 3.05) is 7.05 Å². The van der Waals surface area contributed by atoms with Crippen molar-refractivity contribution in [3.05, 3.63) is 58.7 Å². The first kappa shape index (κ1) is 12.6. The maximum absolute atomic E-state index is 14.2. The van der Waals surface area contributed by atoms with Crippen LogP contribution in [0.5, 0.6) is 0 Å². The van der Waals surface area contributed by atoms with Gasteiger partial charge in [0.15, 0.2) is 0 Å². The van der Waals surface area contributed by atoms with E-state index in [4.69, 9.17) is 0 Å².